The number of carbonyl (C=O) groups is 1. The Morgan fingerprint density at radius 3 is 2.85 bits per heavy atom. The highest BCUT2D eigenvalue weighted by Gasteiger charge is 2.07. The maximum absolute atomic E-state index is 10.6. The van der Waals surface area contributed by atoms with Gasteiger partial charge in [-0.05, 0) is 17.7 Å². The lowest BCUT2D eigenvalue weighted by molar-refractivity contribution is 0.203. The zero-order chi connectivity index (χ0) is 9.84. The summed E-state index contributed by atoms with van der Waals surface area (Å²) in [5, 5.41) is 8.70. The molecule has 0 unspecified atom stereocenters. The van der Waals surface area contributed by atoms with Gasteiger partial charge in [-0.25, -0.2) is 4.79 Å². The molecule has 0 aliphatic rings. The van der Waals surface area contributed by atoms with Gasteiger partial charge in [0.05, 0.1) is 0 Å². The van der Waals surface area contributed by atoms with Crippen molar-refractivity contribution in [1.82, 2.24) is 0 Å². The Morgan fingerprint density at radius 1 is 1.62 bits per heavy atom. The molecule has 1 rings (SSSR count). The predicted molar refractivity (Wildman–Crippen MR) is 53.0 cm³/mol. The van der Waals surface area contributed by atoms with Crippen LogP contribution in [0.25, 0.3) is 6.08 Å². The van der Waals surface area contributed by atoms with Crippen LogP contribution in [0.15, 0.2) is 30.8 Å². The smallest absolute Gasteiger partial charge is 0.411 e. The van der Waals surface area contributed by atoms with Crippen LogP contribution < -0.4 is 4.90 Å². The van der Waals surface area contributed by atoms with Crippen LogP contribution in [-0.4, -0.2) is 18.2 Å². The van der Waals surface area contributed by atoms with E-state index in [9.17, 15) is 4.79 Å². The molecule has 0 spiro atoms. The number of rotatable bonds is 2. The van der Waals surface area contributed by atoms with Crippen molar-refractivity contribution in [1.29, 1.82) is 0 Å². The van der Waals surface area contributed by atoms with Crippen molar-refractivity contribution in [3.05, 3.63) is 36.4 Å². The summed E-state index contributed by atoms with van der Waals surface area (Å²) >= 11 is 0. The molecule has 0 saturated carbocycles. The minimum atomic E-state index is -0.971. The van der Waals surface area contributed by atoms with Gasteiger partial charge in [0.25, 0.3) is 0 Å². The summed E-state index contributed by atoms with van der Waals surface area (Å²) in [5.74, 6) is 0. The van der Waals surface area contributed by atoms with E-state index < -0.39 is 6.09 Å². The molecule has 1 N–H and O–H groups in total. The van der Waals surface area contributed by atoms with Crippen LogP contribution in [-0.2, 0) is 0 Å². The quantitative estimate of drug-likeness (QED) is 0.753. The Hall–Kier alpha value is -1.77. The molecule has 0 bridgehead atoms. The van der Waals surface area contributed by atoms with E-state index in [1.165, 1.54) is 7.05 Å². The molecule has 0 saturated heterocycles. The van der Waals surface area contributed by atoms with Crippen LogP contribution in [0.4, 0.5) is 10.5 Å². The van der Waals surface area contributed by atoms with E-state index in [1.807, 2.05) is 6.07 Å². The largest absolute Gasteiger partial charge is 0.465 e. The van der Waals surface area contributed by atoms with Crippen LogP contribution in [0.3, 0.4) is 0 Å². The molecule has 3 heteroatoms. The lowest BCUT2D eigenvalue weighted by Crippen LogP contribution is -2.23. The van der Waals surface area contributed by atoms with Crippen LogP contribution in [0.2, 0.25) is 0 Å². The molecule has 0 fully saturated rings. The third-order valence-electron chi connectivity index (χ3n) is 1.78. The highest BCUT2D eigenvalue weighted by Crippen LogP contribution is 2.15. The summed E-state index contributed by atoms with van der Waals surface area (Å²) in [6.45, 7) is 3.61. The van der Waals surface area contributed by atoms with Crippen molar-refractivity contribution in [2.24, 2.45) is 0 Å². The van der Waals surface area contributed by atoms with Gasteiger partial charge in [0.1, 0.15) is 0 Å². The van der Waals surface area contributed by atoms with Crippen LogP contribution in [0, 0.1) is 0 Å². The molecule has 0 heterocycles. The standard InChI is InChI=1S/C10H11NO2/c1-3-8-5-4-6-9(7-8)11(2)10(12)13/h3-7H,1H2,2H3,(H,12,13). The Kier molecular flexibility index (Phi) is 2.69. The average molecular weight is 177 g/mol. The first-order valence-electron chi connectivity index (χ1n) is 3.84. The number of benzene rings is 1. The van der Waals surface area contributed by atoms with Gasteiger partial charge in [0, 0.05) is 12.7 Å². The second-order valence-corrected chi connectivity index (χ2v) is 2.64. The molecule has 1 amide bonds. The van der Waals surface area contributed by atoms with E-state index in [-0.39, 0.29) is 0 Å². The van der Waals surface area contributed by atoms with Gasteiger partial charge in [-0.1, -0.05) is 24.8 Å². The first-order chi connectivity index (χ1) is 6.15. The summed E-state index contributed by atoms with van der Waals surface area (Å²) < 4.78 is 0. The highest BCUT2D eigenvalue weighted by molar-refractivity contribution is 5.85. The SMILES string of the molecule is C=Cc1cccc(N(C)C(=O)O)c1. The van der Waals surface area contributed by atoms with E-state index in [0.29, 0.717) is 5.69 Å². The van der Waals surface area contributed by atoms with Gasteiger partial charge in [0.2, 0.25) is 0 Å². The summed E-state index contributed by atoms with van der Waals surface area (Å²) in [6.07, 6.45) is 0.709. The molecule has 1 aromatic rings. The van der Waals surface area contributed by atoms with Gasteiger partial charge >= 0.3 is 6.09 Å². The lowest BCUT2D eigenvalue weighted by atomic mass is 10.2. The average Bonchev–Trinajstić information content (AvgIpc) is 2.16. The molecule has 0 aliphatic heterocycles. The minimum Gasteiger partial charge on any atom is -0.465 e. The summed E-state index contributed by atoms with van der Waals surface area (Å²) in [6, 6.07) is 7.17. The molecule has 1 aromatic carbocycles. The van der Waals surface area contributed by atoms with E-state index >= 15 is 0 Å². The molecule has 0 aliphatic carbocycles. The minimum absolute atomic E-state index is 0.643. The Balaban J connectivity index is 3.01. The topological polar surface area (TPSA) is 40.5 Å². The summed E-state index contributed by atoms with van der Waals surface area (Å²) in [5.41, 5.74) is 1.55. The molecule has 0 aromatic heterocycles. The summed E-state index contributed by atoms with van der Waals surface area (Å²) in [7, 11) is 1.50. The monoisotopic (exact) mass is 177 g/mol. The number of nitrogens with zero attached hydrogens (tertiary/aromatic N) is 1. The van der Waals surface area contributed by atoms with Crippen LogP contribution in [0.5, 0.6) is 0 Å². The van der Waals surface area contributed by atoms with Gasteiger partial charge in [-0.2, -0.15) is 0 Å². The second-order valence-electron chi connectivity index (χ2n) is 2.64. The molecule has 13 heavy (non-hydrogen) atoms. The maximum Gasteiger partial charge on any atom is 0.411 e. The van der Waals surface area contributed by atoms with Gasteiger partial charge in [-0.15, -0.1) is 0 Å². The van der Waals surface area contributed by atoms with Crippen molar-refractivity contribution in [3.63, 3.8) is 0 Å². The van der Waals surface area contributed by atoms with E-state index in [0.717, 1.165) is 10.5 Å². The van der Waals surface area contributed by atoms with Crippen molar-refractivity contribution in [3.8, 4) is 0 Å². The molecular formula is C10H11NO2. The Bertz CT molecular complexity index is 333. The normalized spacial score (nSPS) is 9.31. The van der Waals surface area contributed by atoms with Crippen molar-refractivity contribution >= 4 is 17.9 Å². The number of hydrogen-bond donors (Lipinski definition) is 1. The number of hydrogen-bond acceptors (Lipinski definition) is 1. The van der Waals surface area contributed by atoms with Gasteiger partial charge in [0.15, 0.2) is 0 Å². The Morgan fingerprint density at radius 2 is 2.31 bits per heavy atom. The first-order valence-corrected chi connectivity index (χ1v) is 3.84. The van der Waals surface area contributed by atoms with Crippen LogP contribution >= 0.6 is 0 Å². The molecule has 0 radical (unpaired) electrons. The fraction of sp³-hybridized carbons (Fsp3) is 0.100. The summed E-state index contributed by atoms with van der Waals surface area (Å²) in [4.78, 5) is 11.8. The predicted octanol–water partition coefficient (Wildman–Crippen LogP) is 2.44. The third kappa shape index (κ3) is 2.08. The Labute approximate surface area is 76.9 Å². The van der Waals surface area contributed by atoms with E-state index in [4.69, 9.17) is 5.11 Å². The van der Waals surface area contributed by atoms with Crippen LogP contribution in [0.1, 0.15) is 5.56 Å². The molecule has 0 atom stereocenters. The molecule has 68 valence electrons. The van der Waals surface area contributed by atoms with Gasteiger partial charge in [-0.3, -0.25) is 4.90 Å². The maximum atomic E-state index is 10.6. The second kappa shape index (κ2) is 3.76. The lowest BCUT2D eigenvalue weighted by Gasteiger charge is -2.12. The number of carboxylic acid groups (broad SMARTS) is 1. The third-order valence-corrected chi connectivity index (χ3v) is 1.78. The fourth-order valence-corrected chi connectivity index (χ4v) is 0.971. The fourth-order valence-electron chi connectivity index (χ4n) is 0.971. The number of anilines is 1. The molecular weight excluding hydrogens is 166 g/mol. The zero-order valence-corrected chi connectivity index (χ0v) is 7.40. The molecule has 3 nitrogen and oxygen atoms in total. The van der Waals surface area contributed by atoms with Crippen molar-refractivity contribution in [2.75, 3.05) is 11.9 Å². The van der Waals surface area contributed by atoms with Crippen molar-refractivity contribution in [2.45, 2.75) is 0 Å². The zero-order valence-electron chi connectivity index (χ0n) is 7.40. The van der Waals surface area contributed by atoms with Gasteiger partial charge < -0.3 is 5.11 Å². The number of amides is 1. The van der Waals surface area contributed by atoms with Crippen molar-refractivity contribution < 1.29 is 9.90 Å². The van der Waals surface area contributed by atoms with E-state index in [2.05, 4.69) is 6.58 Å². The highest BCUT2D eigenvalue weighted by atomic mass is 16.4. The first kappa shape index (κ1) is 9.32. The van der Waals surface area contributed by atoms with E-state index in [1.54, 1.807) is 24.3 Å².